The van der Waals surface area contributed by atoms with E-state index >= 15 is 0 Å². The fourth-order valence-electron chi connectivity index (χ4n) is 1.40. The van der Waals surface area contributed by atoms with Gasteiger partial charge >= 0.3 is 0 Å². The molecule has 3 heteroatoms. The van der Waals surface area contributed by atoms with Crippen LogP contribution in [0.25, 0.3) is 0 Å². The maximum absolute atomic E-state index is 11.9. The van der Waals surface area contributed by atoms with E-state index in [2.05, 4.69) is 0 Å². The summed E-state index contributed by atoms with van der Waals surface area (Å²) in [6, 6.07) is 5.05. The quantitative estimate of drug-likeness (QED) is 0.701. The molecule has 1 fully saturated rings. The number of hydrogen-bond acceptors (Lipinski definition) is 1. The molecule has 0 spiro atoms. The second-order valence-corrected chi connectivity index (χ2v) is 4.83. The van der Waals surface area contributed by atoms with Crippen molar-refractivity contribution in [2.24, 2.45) is 5.41 Å². The van der Waals surface area contributed by atoms with Gasteiger partial charge in [0.2, 0.25) is 0 Å². The van der Waals surface area contributed by atoms with E-state index in [0.717, 1.165) is 12.8 Å². The lowest BCUT2D eigenvalue weighted by Gasteiger charge is -2.07. The van der Waals surface area contributed by atoms with Gasteiger partial charge in [0.1, 0.15) is 0 Å². The van der Waals surface area contributed by atoms with Gasteiger partial charge in [0.05, 0.1) is 10.0 Å². The molecule has 0 aromatic heterocycles. The highest BCUT2D eigenvalue weighted by Crippen LogP contribution is 2.47. The van der Waals surface area contributed by atoms with Gasteiger partial charge in [-0.05, 0) is 31.0 Å². The second kappa shape index (κ2) is 3.25. The topological polar surface area (TPSA) is 17.1 Å². The van der Waals surface area contributed by atoms with E-state index < -0.39 is 0 Å². The number of halogens is 2. The lowest BCUT2D eigenvalue weighted by Crippen LogP contribution is -2.11. The summed E-state index contributed by atoms with van der Waals surface area (Å²) in [5, 5.41) is 0.936. The molecule has 1 aliphatic carbocycles. The largest absolute Gasteiger partial charge is 0.294 e. The van der Waals surface area contributed by atoms with Crippen LogP contribution in [0.5, 0.6) is 0 Å². The van der Waals surface area contributed by atoms with Crippen LogP contribution in [0.15, 0.2) is 18.2 Å². The fraction of sp³-hybridized carbons (Fsp3) is 0.364. The van der Waals surface area contributed by atoms with Gasteiger partial charge in [-0.2, -0.15) is 0 Å². The molecule has 0 bridgehead atoms. The first kappa shape index (κ1) is 10.0. The van der Waals surface area contributed by atoms with E-state index in [0.29, 0.717) is 15.6 Å². The van der Waals surface area contributed by atoms with Gasteiger partial charge in [0.25, 0.3) is 0 Å². The maximum atomic E-state index is 11.9. The molecule has 0 atom stereocenters. The Bertz CT molecular complexity index is 394. The molecular formula is C11H10Cl2O. The molecular weight excluding hydrogens is 219 g/mol. The number of carbonyl (C=O) groups is 1. The van der Waals surface area contributed by atoms with Crippen molar-refractivity contribution in [1.82, 2.24) is 0 Å². The van der Waals surface area contributed by atoms with Crippen molar-refractivity contribution in [3.63, 3.8) is 0 Å². The van der Waals surface area contributed by atoms with Crippen LogP contribution in [0.2, 0.25) is 10.0 Å². The number of ketones is 1. The molecule has 1 aromatic rings. The normalized spacial score (nSPS) is 17.9. The van der Waals surface area contributed by atoms with Gasteiger partial charge in [0, 0.05) is 11.0 Å². The predicted octanol–water partition coefficient (Wildman–Crippen LogP) is 3.98. The van der Waals surface area contributed by atoms with E-state index in [1.54, 1.807) is 18.2 Å². The van der Waals surface area contributed by atoms with Crippen molar-refractivity contribution in [2.45, 2.75) is 19.8 Å². The first-order chi connectivity index (χ1) is 6.53. The molecule has 1 aliphatic rings. The Hall–Kier alpha value is -0.530. The van der Waals surface area contributed by atoms with E-state index in [1.165, 1.54) is 0 Å². The van der Waals surface area contributed by atoms with E-state index in [-0.39, 0.29) is 11.2 Å². The van der Waals surface area contributed by atoms with Crippen LogP contribution in [-0.2, 0) is 0 Å². The Morgan fingerprint density at radius 2 is 1.93 bits per heavy atom. The van der Waals surface area contributed by atoms with Crippen molar-refractivity contribution < 1.29 is 4.79 Å². The summed E-state index contributed by atoms with van der Waals surface area (Å²) in [5.41, 5.74) is 0.524. The van der Waals surface area contributed by atoms with Crippen LogP contribution in [0.1, 0.15) is 30.1 Å². The summed E-state index contributed by atoms with van der Waals surface area (Å²) in [6.07, 6.45) is 1.96. The monoisotopic (exact) mass is 228 g/mol. The highest BCUT2D eigenvalue weighted by atomic mass is 35.5. The predicted molar refractivity (Wildman–Crippen MR) is 58.1 cm³/mol. The molecule has 0 amide bonds. The molecule has 0 radical (unpaired) electrons. The first-order valence-electron chi connectivity index (χ1n) is 4.53. The molecule has 0 unspecified atom stereocenters. The van der Waals surface area contributed by atoms with Crippen LogP contribution in [0, 0.1) is 5.41 Å². The van der Waals surface area contributed by atoms with E-state index in [4.69, 9.17) is 23.2 Å². The minimum absolute atomic E-state index is 0.142. The fourth-order valence-corrected chi connectivity index (χ4v) is 1.70. The minimum Gasteiger partial charge on any atom is -0.294 e. The maximum Gasteiger partial charge on any atom is 0.168 e. The highest BCUT2D eigenvalue weighted by Gasteiger charge is 2.44. The van der Waals surface area contributed by atoms with Crippen LogP contribution in [-0.4, -0.2) is 5.78 Å². The van der Waals surface area contributed by atoms with E-state index in [9.17, 15) is 4.79 Å². The smallest absolute Gasteiger partial charge is 0.168 e. The van der Waals surface area contributed by atoms with Gasteiger partial charge in [-0.25, -0.2) is 0 Å². The van der Waals surface area contributed by atoms with Crippen LogP contribution in [0.4, 0.5) is 0 Å². The Morgan fingerprint density at radius 1 is 1.29 bits per heavy atom. The molecule has 0 aliphatic heterocycles. The first-order valence-corrected chi connectivity index (χ1v) is 5.28. The third kappa shape index (κ3) is 1.67. The van der Waals surface area contributed by atoms with Crippen LogP contribution >= 0.6 is 23.2 Å². The zero-order chi connectivity index (χ0) is 10.3. The Kier molecular flexibility index (Phi) is 2.32. The molecule has 74 valence electrons. The molecule has 1 aromatic carbocycles. The second-order valence-electron chi connectivity index (χ2n) is 4.02. The van der Waals surface area contributed by atoms with Gasteiger partial charge in [-0.15, -0.1) is 0 Å². The third-order valence-corrected chi connectivity index (χ3v) is 3.47. The molecule has 0 saturated heterocycles. The summed E-state index contributed by atoms with van der Waals surface area (Å²) >= 11 is 11.6. The molecule has 2 rings (SSSR count). The summed E-state index contributed by atoms with van der Waals surface area (Å²) in [5.74, 6) is 0.177. The van der Waals surface area contributed by atoms with E-state index in [1.807, 2.05) is 6.92 Å². The van der Waals surface area contributed by atoms with Crippen molar-refractivity contribution in [3.8, 4) is 0 Å². The summed E-state index contributed by atoms with van der Waals surface area (Å²) in [7, 11) is 0. The van der Waals surface area contributed by atoms with Gasteiger partial charge in [-0.1, -0.05) is 30.1 Å². The minimum atomic E-state index is -0.142. The lowest BCUT2D eigenvalue weighted by molar-refractivity contribution is 0.0912. The van der Waals surface area contributed by atoms with Crippen molar-refractivity contribution >= 4 is 29.0 Å². The van der Waals surface area contributed by atoms with Crippen molar-refractivity contribution in [3.05, 3.63) is 33.8 Å². The molecule has 1 nitrogen and oxygen atoms in total. The number of carbonyl (C=O) groups excluding carboxylic acids is 1. The van der Waals surface area contributed by atoms with Crippen molar-refractivity contribution in [2.75, 3.05) is 0 Å². The highest BCUT2D eigenvalue weighted by molar-refractivity contribution is 6.42. The lowest BCUT2D eigenvalue weighted by atomic mass is 9.97. The Morgan fingerprint density at radius 3 is 2.43 bits per heavy atom. The zero-order valence-electron chi connectivity index (χ0n) is 7.81. The average molecular weight is 229 g/mol. The van der Waals surface area contributed by atoms with Gasteiger partial charge in [0.15, 0.2) is 5.78 Å². The summed E-state index contributed by atoms with van der Waals surface area (Å²) in [4.78, 5) is 11.9. The van der Waals surface area contributed by atoms with Crippen molar-refractivity contribution in [1.29, 1.82) is 0 Å². The molecule has 14 heavy (non-hydrogen) atoms. The van der Waals surface area contributed by atoms with Crippen LogP contribution in [0.3, 0.4) is 0 Å². The number of rotatable bonds is 2. The summed E-state index contributed by atoms with van der Waals surface area (Å²) < 4.78 is 0. The standard InChI is InChI=1S/C11H10Cl2O/c1-11(4-5-11)10(14)7-2-3-8(12)9(13)6-7/h2-3,6H,4-5H2,1H3. The number of benzene rings is 1. The Labute approximate surface area is 93.0 Å². The molecule has 1 saturated carbocycles. The Balaban J connectivity index is 2.33. The number of Topliss-reactive ketones (excluding diaryl/α,β-unsaturated/α-hetero) is 1. The number of hydrogen-bond donors (Lipinski definition) is 0. The van der Waals surface area contributed by atoms with Crippen LogP contribution < -0.4 is 0 Å². The average Bonchev–Trinajstić information content (AvgIpc) is 2.89. The zero-order valence-corrected chi connectivity index (χ0v) is 9.32. The van der Waals surface area contributed by atoms with Gasteiger partial charge < -0.3 is 0 Å². The molecule has 0 heterocycles. The third-order valence-electron chi connectivity index (χ3n) is 2.73. The summed E-state index contributed by atoms with van der Waals surface area (Å²) in [6.45, 7) is 1.98. The molecule has 0 N–H and O–H groups in total. The SMILES string of the molecule is CC1(C(=O)c2ccc(Cl)c(Cl)c2)CC1. The van der Waals surface area contributed by atoms with Gasteiger partial charge in [-0.3, -0.25) is 4.79 Å².